The molecular formula is C13H12BrFN2OS. The van der Waals surface area contributed by atoms with Crippen LogP contribution >= 0.6 is 27.3 Å². The maximum atomic E-state index is 13.3. The molecule has 0 aliphatic carbocycles. The molecule has 0 saturated carbocycles. The number of nitrogens with one attached hydrogen (secondary N) is 1. The molecule has 0 bridgehead atoms. The first-order chi connectivity index (χ1) is 8.88. The van der Waals surface area contributed by atoms with Crippen LogP contribution in [0.2, 0.25) is 0 Å². The maximum absolute atomic E-state index is 13.3. The molecule has 6 heteroatoms. The van der Waals surface area contributed by atoms with Gasteiger partial charge >= 0.3 is 0 Å². The SMILES string of the molecule is Cc1nc(C)c(C(=O)Nc2cc(Br)c(F)cc2C)s1. The fraction of sp³-hybridized carbons (Fsp3) is 0.231. The van der Waals surface area contributed by atoms with Crippen LogP contribution in [0, 0.1) is 26.6 Å². The van der Waals surface area contributed by atoms with Gasteiger partial charge < -0.3 is 5.32 Å². The standard InChI is InChI=1S/C13H12BrFN2OS/c1-6-4-10(15)9(14)5-11(6)17-13(18)12-7(2)16-8(3)19-12/h4-5H,1-3H3,(H,17,18). The Hall–Kier alpha value is -1.27. The summed E-state index contributed by atoms with van der Waals surface area (Å²) in [6.07, 6.45) is 0. The van der Waals surface area contributed by atoms with Gasteiger partial charge in [-0.1, -0.05) is 0 Å². The number of benzene rings is 1. The number of rotatable bonds is 2. The number of halogens is 2. The van der Waals surface area contributed by atoms with Gasteiger partial charge in [0, 0.05) is 5.69 Å². The summed E-state index contributed by atoms with van der Waals surface area (Å²) in [5.41, 5.74) is 1.97. The van der Waals surface area contributed by atoms with E-state index in [0.717, 1.165) is 5.01 Å². The maximum Gasteiger partial charge on any atom is 0.267 e. The smallest absolute Gasteiger partial charge is 0.267 e. The highest BCUT2D eigenvalue weighted by atomic mass is 79.9. The third-order valence-corrected chi connectivity index (χ3v) is 4.30. The Morgan fingerprint density at radius 1 is 1.37 bits per heavy atom. The van der Waals surface area contributed by atoms with E-state index in [0.29, 0.717) is 26.3 Å². The Balaban J connectivity index is 2.29. The van der Waals surface area contributed by atoms with Crippen LogP contribution < -0.4 is 5.32 Å². The first-order valence-corrected chi connectivity index (χ1v) is 7.20. The quantitative estimate of drug-likeness (QED) is 0.887. The summed E-state index contributed by atoms with van der Waals surface area (Å²) in [4.78, 5) is 16.9. The third kappa shape index (κ3) is 3.01. The van der Waals surface area contributed by atoms with Crippen molar-refractivity contribution in [2.75, 3.05) is 5.32 Å². The predicted octanol–water partition coefficient (Wildman–Crippen LogP) is 4.22. The number of aromatic nitrogens is 1. The molecule has 0 aliphatic heterocycles. The molecule has 19 heavy (non-hydrogen) atoms. The highest BCUT2D eigenvalue weighted by Crippen LogP contribution is 2.26. The summed E-state index contributed by atoms with van der Waals surface area (Å²) in [5, 5.41) is 3.63. The topological polar surface area (TPSA) is 42.0 Å². The lowest BCUT2D eigenvalue weighted by molar-refractivity contribution is 0.102. The number of amides is 1. The van der Waals surface area contributed by atoms with Crippen molar-refractivity contribution in [1.29, 1.82) is 0 Å². The van der Waals surface area contributed by atoms with E-state index < -0.39 is 0 Å². The van der Waals surface area contributed by atoms with Crippen molar-refractivity contribution >= 4 is 38.9 Å². The molecule has 100 valence electrons. The molecule has 0 saturated heterocycles. The molecule has 1 amide bonds. The molecule has 0 atom stereocenters. The summed E-state index contributed by atoms with van der Waals surface area (Å²) in [5.74, 6) is -0.565. The van der Waals surface area contributed by atoms with Crippen molar-refractivity contribution in [2.24, 2.45) is 0 Å². The number of carbonyl (C=O) groups is 1. The van der Waals surface area contributed by atoms with Crippen LogP contribution in [0.4, 0.5) is 10.1 Å². The van der Waals surface area contributed by atoms with E-state index in [9.17, 15) is 9.18 Å². The number of anilines is 1. The van der Waals surface area contributed by atoms with Gasteiger partial charge in [-0.05, 0) is 54.4 Å². The van der Waals surface area contributed by atoms with Crippen molar-refractivity contribution in [2.45, 2.75) is 20.8 Å². The van der Waals surface area contributed by atoms with Crippen LogP contribution in [0.25, 0.3) is 0 Å². The minimum absolute atomic E-state index is 0.218. The Labute approximate surface area is 123 Å². The zero-order valence-electron chi connectivity index (χ0n) is 10.7. The molecule has 0 radical (unpaired) electrons. The van der Waals surface area contributed by atoms with Crippen LogP contribution in [0.15, 0.2) is 16.6 Å². The molecule has 1 aromatic carbocycles. The zero-order valence-corrected chi connectivity index (χ0v) is 13.1. The van der Waals surface area contributed by atoms with Crippen LogP contribution in [0.5, 0.6) is 0 Å². The Kier molecular flexibility index (Phi) is 4.01. The monoisotopic (exact) mass is 342 g/mol. The van der Waals surface area contributed by atoms with Crippen molar-refractivity contribution < 1.29 is 9.18 Å². The molecule has 2 aromatic rings. The lowest BCUT2D eigenvalue weighted by Crippen LogP contribution is -2.12. The predicted molar refractivity (Wildman–Crippen MR) is 78.4 cm³/mol. The van der Waals surface area contributed by atoms with E-state index in [-0.39, 0.29) is 11.7 Å². The largest absolute Gasteiger partial charge is 0.321 e. The van der Waals surface area contributed by atoms with Gasteiger partial charge in [-0.25, -0.2) is 9.37 Å². The van der Waals surface area contributed by atoms with E-state index in [1.54, 1.807) is 19.9 Å². The number of hydrogen-bond acceptors (Lipinski definition) is 3. The minimum Gasteiger partial charge on any atom is -0.321 e. The minimum atomic E-state index is -0.347. The molecule has 1 N–H and O–H groups in total. The van der Waals surface area contributed by atoms with Crippen molar-refractivity contribution in [3.8, 4) is 0 Å². The van der Waals surface area contributed by atoms with Gasteiger partial charge in [-0.3, -0.25) is 4.79 Å². The summed E-state index contributed by atoms with van der Waals surface area (Å²) < 4.78 is 13.6. The number of hydrogen-bond donors (Lipinski definition) is 1. The first-order valence-electron chi connectivity index (χ1n) is 5.59. The second kappa shape index (κ2) is 5.38. The Morgan fingerprint density at radius 3 is 2.63 bits per heavy atom. The van der Waals surface area contributed by atoms with E-state index >= 15 is 0 Å². The third-order valence-electron chi connectivity index (χ3n) is 2.63. The second-order valence-corrected chi connectivity index (χ2v) is 6.24. The number of nitrogens with zero attached hydrogens (tertiary/aromatic N) is 1. The molecule has 0 fully saturated rings. The summed E-state index contributed by atoms with van der Waals surface area (Å²) in [6.45, 7) is 5.40. The summed E-state index contributed by atoms with van der Waals surface area (Å²) in [7, 11) is 0. The van der Waals surface area contributed by atoms with Crippen LogP contribution in [-0.2, 0) is 0 Å². The number of carbonyl (C=O) groups excluding carboxylic acids is 1. The lowest BCUT2D eigenvalue weighted by atomic mass is 10.2. The zero-order chi connectivity index (χ0) is 14.2. The van der Waals surface area contributed by atoms with Gasteiger partial charge in [0.15, 0.2) is 0 Å². The van der Waals surface area contributed by atoms with Gasteiger partial charge in [0.05, 0.1) is 15.2 Å². The fourth-order valence-electron chi connectivity index (χ4n) is 1.70. The normalized spacial score (nSPS) is 10.6. The lowest BCUT2D eigenvalue weighted by Gasteiger charge is -2.09. The average molecular weight is 343 g/mol. The highest BCUT2D eigenvalue weighted by Gasteiger charge is 2.15. The van der Waals surface area contributed by atoms with Gasteiger partial charge in [0.1, 0.15) is 10.7 Å². The van der Waals surface area contributed by atoms with Crippen LogP contribution in [-0.4, -0.2) is 10.9 Å². The fourth-order valence-corrected chi connectivity index (χ4v) is 2.86. The Morgan fingerprint density at radius 2 is 2.05 bits per heavy atom. The molecule has 3 nitrogen and oxygen atoms in total. The van der Waals surface area contributed by atoms with E-state index in [1.807, 2.05) is 6.92 Å². The van der Waals surface area contributed by atoms with Crippen molar-refractivity contribution in [3.63, 3.8) is 0 Å². The second-order valence-electron chi connectivity index (χ2n) is 4.18. The summed E-state index contributed by atoms with van der Waals surface area (Å²) in [6, 6.07) is 2.94. The molecule has 1 heterocycles. The van der Waals surface area contributed by atoms with Gasteiger partial charge in [-0.15, -0.1) is 11.3 Å². The van der Waals surface area contributed by atoms with Gasteiger partial charge in [-0.2, -0.15) is 0 Å². The van der Waals surface area contributed by atoms with Gasteiger partial charge in [0.25, 0.3) is 5.91 Å². The molecule has 0 unspecified atom stereocenters. The average Bonchev–Trinajstić information content (AvgIpc) is 2.65. The van der Waals surface area contributed by atoms with E-state index in [2.05, 4.69) is 26.2 Å². The summed E-state index contributed by atoms with van der Waals surface area (Å²) >= 11 is 4.45. The van der Waals surface area contributed by atoms with E-state index in [1.165, 1.54) is 17.4 Å². The molecule has 2 rings (SSSR count). The number of aryl methyl sites for hydroxylation is 3. The molecule has 1 aromatic heterocycles. The Bertz CT molecular complexity index is 654. The van der Waals surface area contributed by atoms with Crippen molar-refractivity contribution in [3.05, 3.63) is 43.6 Å². The van der Waals surface area contributed by atoms with Crippen LogP contribution in [0.1, 0.15) is 25.9 Å². The van der Waals surface area contributed by atoms with Crippen LogP contribution in [0.3, 0.4) is 0 Å². The van der Waals surface area contributed by atoms with Gasteiger partial charge in [0.2, 0.25) is 0 Å². The number of thiazole rings is 1. The molecular weight excluding hydrogens is 331 g/mol. The van der Waals surface area contributed by atoms with E-state index in [4.69, 9.17) is 0 Å². The molecule has 0 spiro atoms. The molecule has 0 aliphatic rings. The first kappa shape index (κ1) is 14.1. The highest BCUT2D eigenvalue weighted by molar-refractivity contribution is 9.10. The van der Waals surface area contributed by atoms with Crippen molar-refractivity contribution in [1.82, 2.24) is 4.98 Å².